The second kappa shape index (κ2) is 11.8. The number of hydrazone groups is 1. The van der Waals surface area contributed by atoms with Crippen molar-refractivity contribution in [3.8, 4) is 17.2 Å². The van der Waals surface area contributed by atoms with Crippen LogP contribution in [0.15, 0.2) is 75.9 Å². The molecule has 190 valence electrons. The van der Waals surface area contributed by atoms with Gasteiger partial charge < -0.3 is 20.3 Å². The summed E-state index contributed by atoms with van der Waals surface area (Å²) in [5.74, 6) is -1.85. The number of ether oxygens (including phenoxy) is 1. The molecular formula is C25H21BrN4O7. The molecule has 2 amide bonds. The van der Waals surface area contributed by atoms with Crippen LogP contribution < -0.4 is 15.5 Å². The second-order valence-corrected chi connectivity index (χ2v) is 8.38. The summed E-state index contributed by atoms with van der Waals surface area (Å²) in [5.41, 5.74) is 2.67. The number of nitrogens with one attached hydrogen (secondary N) is 2. The summed E-state index contributed by atoms with van der Waals surface area (Å²) in [6.07, 6.45) is 1.25. The minimum Gasteiger partial charge on any atom is -0.507 e. The Kier molecular flexibility index (Phi) is 8.59. The van der Waals surface area contributed by atoms with Crippen molar-refractivity contribution in [2.45, 2.75) is 6.92 Å². The maximum atomic E-state index is 13.0. The van der Waals surface area contributed by atoms with Gasteiger partial charge in [0, 0.05) is 23.3 Å². The van der Waals surface area contributed by atoms with Gasteiger partial charge in [-0.3, -0.25) is 19.7 Å². The molecule has 0 radical (unpaired) electrons. The molecule has 3 aromatic rings. The van der Waals surface area contributed by atoms with Crippen molar-refractivity contribution in [3.05, 3.63) is 97.6 Å². The summed E-state index contributed by atoms with van der Waals surface area (Å²) in [6.45, 7) is 1.51. The fourth-order valence-electron chi connectivity index (χ4n) is 3.14. The summed E-state index contributed by atoms with van der Waals surface area (Å²) in [6, 6.07) is 14.7. The Balaban J connectivity index is 1.96. The van der Waals surface area contributed by atoms with Gasteiger partial charge in [-0.25, -0.2) is 5.43 Å². The third-order valence-corrected chi connectivity index (χ3v) is 5.65. The highest BCUT2D eigenvalue weighted by Gasteiger charge is 2.18. The normalized spacial score (nSPS) is 11.5. The van der Waals surface area contributed by atoms with Crippen LogP contribution in [0.4, 0.5) is 5.69 Å². The van der Waals surface area contributed by atoms with Crippen LogP contribution >= 0.6 is 15.9 Å². The lowest BCUT2D eigenvalue weighted by Crippen LogP contribution is -2.33. The maximum Gasteiger partial charge on any atom is 0.311 e. The number of carbonyl (C=O) groups excluding carboxylic acids is 2. The number of hydrogen-bond acceptors (Lipinski definition) is 8. The van der Waals surface area contributed by atoms with Gasteiger partial charge in [0.1, 0.15) is 17.2 Å². The first-order valence-corrected chi connectivity index (χ1v) is 11.4. The lowest BCUT2D eigenvalue weighted by Gasteiger charge is -2.11. The highest BCUT2D eigenvalue weighted by Crippen LogP contribution is 2.31. The lowest BCUT2D eigenvalue weighted by atomic mass is 10.1. The molecule has 0 aliphatic heterocycles. The topological polar surface area (TPSA) is 163 Å². The largest absolute Gasteiger partial charge is 0.507 e. The van der Waals surface area contributed by atoms with Crippen molar-refractivity contribution in [3.63, 3.8) is 0 Å². The van der Waals surface area contributed by atoms with Gasteiger partial charge in [0.2, 0.25) is 0 Å². The van der Waals surface area contributed by atoms with Gasteiger partial charge in [-0.2, -0.15) is 5.10 Å². The summed E-state index contributed by atoms with van der Waals surface area (Å²) in [7, 11) is 1.29. The highest BCUT2D eigenvalue weighted by molar-refractivity contribution is 9.10. The van der Waals surface area contributed by atoms with E-state index in [2.05, 4.69) is 31.8 Å². The molecule has 11 nitrogen and oxygen atoms in total. The number of nitro groups is 1. The van der Waals surface area contributed by atoms with Crippen LogP contribution in [0.2, 0.25) is 0 Å². The van der Waals surface area contributed by atoms with Gasteiger partial charge in [0.25, 0.3) is 11.8 Å². The number of methoxy groups -OCH3 is 1. The Bertz CT molecular complexity index is 1420. The van der Waals surface area contributed by atoms with E-state index < -0.39 is 16.7 Å². The van der Waals surface area contributed by atoms with E-state index in [0.29, 0.717) is 4.47 Å². The van der Waals surface area contributed by atoms with Crippen LogP contribution in [-0.2, 0) is 4.79 Å². The summed E-state index contributed by atoms with van der Waals surface area (Å²) in [4.78, 5) is 36.5. The molecule has 12 heteroatoms. The van der Waals surface area contributed by atoms with Gasteiger partial charge in [0.05, 0.1) is 22.2 Å². The SMILES string of the molecule is COc1ccc(C=C(NC(=O)c2ccccc2)C(=O)NN=C(C)c2cc(Br)c(O)cc2O)cc1[N+](=O)[O-]. The maximum absolute atomic E-state index is 13.0. The molecule has 0 saturated heterocycles. The number of hydrogen-bond donors (Lipinski definition) is 4. The first-order valence-electron chi connectivity index (χ1n) is 10.6. The number of amides is 2. The molecule has 0 aromatic heterocycles. The Hall–Kier alpha value is -4.71. The van der Waals surface area contributed by atoms with Crippen LogP contribution in [0.1, 0.15) is 28.4 Å². The van der Waals surface area contributed by atoms with E-state index in [0.717, 1.165) is 6.07 Å². The third-order valence-electron chi connectivity index (χ3n) is 5.02. The van der Waals surface area contributed by atoms with E-state index in [1.165, 1.54) is 44.4 Å². The molecule has 0 saturated carbocycles. The van der Waals surface area contributed by atoms with Crippen LogP contribution in [0.25, 0.3) is 6.08 Å². The van der Waals surface area contributed by atoms with E-state index >= 15 is 0 Å². The van der Waals surface area contributed by atoms with Crippen molar-refractivity contribution in [1.29, 1.82) is 0 Å². The molecule has 37 heavy (non-hydrogen) atoms. The van der Waals surface area contributed by atoms with E-state index in [1.54, 1.807) is 30.3 Å². The Morgan fingerprint density at radius 3 is 2.43 bits per heavy atom. The fourth-order valence-corrected chi connectivity index (χ4v) is 3.49. The number of nitrogens with zero attached hydrogens (tertiary/aromatic N) is 2. The molecule has 0 aliphatic carbocycles. The zero-order chi connectivity index (χ0) is 27.1. The number of halogens is 1. The molecule has 0 aliphatic rings. The molecule has 3 rings (SSSR count). The molecular weight excluding hydrogens is 548 g/mol. The van der Waals surface area contributed by atoms with Crippen LogP contribution in [0.5, 0.6) is 17.2 Å². The van der Waals surface area contributed by atoms with Crippen molar-refractivity contribution < 1.29 is 29.5 Å². The molecule has 4 N–H and O–H groups in total. The van der Waals surface area contributed by atoms with Gasteiger partial charge in [-0.1, -0.05) is 24.3 Å². The van der Waals surface area contributed by atoms with Gasteiger partial charge in [-0.05, 0) is 58.8 Å². The average molecular weight is 569 g/mol. The van der Waals surface area contributed by atoms with Crippen molar-refractivity contribution >= 4 is 45.2 Å². The second-order valence-electron chi connectivity index (χ2n) is 7.53. The van der Waals surface area contributed by atoms with Crippen LogP contribution in [0.3, 0.4) is 0 Å². The predicted molar refractivity (Wildman–Crippen MR) is 139 cm³/mol. The van der Waals surface area contributed by atoms with E-state index in [4.69, 9.17) is 4.74 Å². The Morgan fingerprint density at radius 2 is 1.78 bits per heavy atom. The standard InChI is InChI=1S/C25H21BrN4O7/c1-14(17-12-18(26)22(32)13-21(17)31)28-29-25(34)19(27-24(33)16-6-4-3-5-7-16)10-15-8-9-23(37-2)20(11-15)30(35)36/h3-13,31-32H,1-2H3,(H,27,33)(H,29,34). The van der Waals surface area contributed by atoms with Gasteiger partial charge >= 0.3 is 5.69 Å². The van der Waals surface area contributed by atoms with Crippen molar-refractivity contribution in [2.75, 3.05) is 7.11 Å². The highest BCUT2D eigenvalue weighted by atomic mass is 79.9. The average Bonchev–Trinajstić information content (AvgIpc) is 2.89. The number of phenolic OH excluding ortho intramolecular Hbond substituents is 2. The zero-order valence-electron chi connectivity index (χ0n) is 19.6. The summed E-state index contributed by atoms with van der Waals surface area (Å²) >= 11 is 3.15. The number of carbonyl (C=O) groups is 2. The van der Waals surface area contributed by atoms with E-state index in [-0.39, 0.29) is 51.0 Å². The van der Waals surface area contributed by atoms with Crippen molar-refractivity contribution in [2.24, 2.45) is 5.10 Å². The molecule has 0 unspecified atom stereocenters. The van der Waals surface area contributed by atoms with Crippen molar-refractivity contribution in [1.82, 2.24) is 10.7 Å². The molecule has 0 fully saturated rings. The smallest absolute Gasteiger partial charge is 0.311 e. The zero-order valence-corrected chi connectivity index (χ0v) is 21.1. The first-order chi connectivity index (χ1) is 17.6. The summed E-state index contributed by atoms with van der Waals surface area (Å²) in [5, 5.41) is 37.7. The number of nitro benzene ring substituents is 1. The van der Waals surface area contributed by atoms with Gasteiger partial charge in [0.15, 0.2) is 5.75 Å². The number of benzene rings is 3. The minimum absolute atomic E-state index is 0.0292. The van der Waals surface area contributed by atoms with Crippen LogP contribution in [0, 0.1) is 10.1 Å². The quantitative estimate of drug-likeness (QED) is 0.137. The lowest BCUT2D eigenvalue weighted by molar-refractivity contribution is -0.385. The van der Waals surface area contributed by atoms with Crippen LogP contribution in [-0.4, -0.2) is 39.8 Å². The molecule has 0 atom stereocenters. The number of phenols is 2. The third kappa shape index (κ3) is 6.70. The van der Waals surface area contributed by atoms with E-state index in [9.17, 15) is 29.9 Å². The minimum atomic E-state index is -0.834. The number of rotatable bonds is 8. The number of aromatic hydroxyl groups is 2. The summed E-state index contributed by atoms with van der Waals surface area (Å²) < 4.78 is 5.30. The van der Waals surface area contributed by atoms with E-state index in [1.807, 2.05) is 0 Å². The monoisotopic (exact) mass is 568 g/mol. The van der Waals surface area contributed by atoms with Gasteiger partial charge in [-0.15, -0.1) is 0 Å². The Morgan fingerprint density at radius 1 is 1.08 bits per heavy atom. The predicted octanol–water partition coefficient (Wildman–Crippen LogP) is 4.09. The molecule has 0 bridgehead atoms. The fraction of sp³-hybridized carbons (Fsp3) is 0.0800. The molecule has 0 spiro atoms. The first kappa shape index (κ1) is 26.9. The molecule has 0 heterocycles. The molecule has 3 aromatic carbocycles. The Labute approximate surface area is 219 Å².